The van der Waals surface area contributed by atoms with Crippen LogP contribution in [0, 0.1) is 6.92 Å². The summed E-state index contributed by atoms with van der Waals surface area (Å²) in [5, 5.41) is 4.41. The molecule has 0 aliphatic carbocycles. The van der Waals surface area contributed by atoms with Gasteiger partial charge < -0.3 is 5.32 Å². The average molecular weight is 437 g/mol. The third kappa shape index (κ3) is 3.59. The van der Waals surface area contributed by atoms with Gasteiger partial charge in [-0.15, -0.1) is 0 Å². The van der Waals surface area contributed by atoms with Crippen LogP contribution in [0.2, 0.25) is 0 Å². The lowest BCUT2D eigenvalue weighted by atomic mass is 10.1. The topological polar surface area (TPSA) is 77.6 Å². The van der Waals surface area contributed by atoms with Crippen molar-refractivity contribution in [2.24, 2.45) is 7.05 Å². The Bertz CT molecular complexity index is 1350. The van der Waals surface area contributed by atoms with Crippen molar-refractivity contribution in [1.82, 2.24) is 24.1 Å². The quantitative estimate of drug-likeness (QED) is 0.522. The largest absolute Gasteiger partial charge is 0.330 e. The zero-order chi connectivity index (χ0) is 21.8. The van der Waals surface area contributed by atoms with Gasteiger partial charge in [-0.1, -0.05) is 6.07 Å². The van der Waals surface area contributed by atoms with E-state index in [1.807, 2.05) is 23.6 Å². The molecule has 162 valence electrons. The van der Waals surface area contributed by atoms with Crippen LogP contribution in [0.25, 0.3) is 22.1 Å². The fraction of sp³-hybridized carbons (Fsp3) is 0.391. The predicted molar refractivity (Wildman–Crippen MR) is 130 cm³/mol. The average Bonchev–Trinajstić information content (AvgIpc) is 2.99. The van der Waals surface area contributed by atoms with E-state index in [-0.39, 0.29) is 11.7 Å². The summed E-state index contributed by atoms with van der Waals surface area (Å²) < 4.78 is 3.56. The standard InChI is InChI=1S/C23H28N6OS/c1-15-12-19-16(6-5-9-24-19)13-18(15)26-22-25-14-20-21(27-22)29(23(30)28(20)2)17-7-10-31(3,4)11-8-17/h5-6,9,12-14,17H,7-8,10-11H2,1-4H3,(H,25,26,27). The summed E-state index contributed by atoms with van der Waals surface area (Å²) in [7, 11) is 1.27. The number of imidazole rings is 1. The van der Waals surface area contributed by atoms with Crippen LogP contribution in [0.15, 0.2) is 41.5 Å². The Kier molecular flexibility index (Phi) is 4.77. The van der Waals surface area contributed by atoms with Gasteiger partial charge in [0.15, 0.2) is 5.65 Å². The Morgan fingerprint density at radius 1 is 1.16 bits per heavy atom. The van der Waals surface area contributed by atoms with Crippen molar-refractivity contribution in [3.8, 4) is 0 Å². The van der Waals surface area contributed by atoms with E-state index in [0.717, 1.165) is 40.5 Å². The molecule has 0 atom stereocenters. The van der Waals surface area contributed by atoms with Crippen molar-refractivity contribution < 1.29 is 0 Å². The van der Waals surface area contributed by atoms with Gasteiger partial charge in [0.2, 0.25) is 5.95 Å². The van der Waals surface area contributed by atoms with Crippen molar-refractivity contribution in [3.63, 3.8) is 0 Å². The number of nitrogens with zero attached hydrogens (tertiary/aromatic N) is 5. The minimum Gasteiger partial charge on any atom is -0.324 e. The summed E-state index contributed by atoms with van der Waals surface area (Å²) in [6.45, 7) is 2.04. The van der Waals surface area contributed by atoms with E-state index in [2.05, 4.69) is 39.9 Å². The molecule has 8 heteroatoms. The molecule has 0 bridgehead atoms. The van der Waals surface area contributed by atoms with Crippen LogP contribution in [0.1, 0.15) is 24.4 Å². The molecule has 1 aromatic carbocycles. The first-order valence-corrected chi connectivity index (χ1v) is 13.4. The van der Waals surface area contributed by atoms with E-state index in [1.165, 1.54) is 11.5 Å². The molecule has 1 aliphatic rings. The van der Waals surface area contributed by atoms with Gasteiger partial charge in [-0.3, -0.25) is 14.1 Å². The molecule has 0 radical (unpaired) electrons. The maximum absolute atomic E-state index is 13.1. The number of hydrogen-bond donors (Lipinski definition) is 1. The summed E-state index contributed by atoms with van der Waals surface area (Å²) >= 11 is 0. The molecule has 3 aromatic heterocycles. The van der Waals surface area contributed by atoms with Gasteiger partial charge >= 0.3 is 5.69 Å². The van der Waals surface area contributed by atoms with Crippen LogP contribution >= 0.6 is 10.0 Å². The molecule has 7 nitrogen and oxygen atoms in total. The summed E-state index contributed by atoms with van der Waals surface area (Å²) in [5.74, 6) is 2.89. The molecule has 4 heterocycles. The molecular weight excluding hydrogens is 408 g/mol. The Hall–Kier alpha value is -2.87. The number of aromatic nitrogens is 5. The molecule has 31 heavy (non-hydrogen) atoms. The first kappa shape index (κ1) is 20.1. The van der Waals surface area contributed by atoms with Gasteiger partial charge in [0.25, 0.3) is 0 Å². The molecule has 1 aliphatic heterocycles. The molecule has 1 N–H and O–H groups in total. The molecule has 1 saturated heterocycles. The summed E-state index contributed by atoms with van der Waals surface area (Å²) in [5.41, 5.74) is 4.44. The van der Waals surface area contributed by atoms with Crippen molar-refractivity contribution in [3.05, 3.63) is 52.7 Å². The van der Waals surface area contributed by atoms with Crippen LogP contribution < -0.4 is 11.0 Å². The van der Waals surface area contributed by atoms with Gasteiger partial charge in [-0.25, -0.2) is 19.8 Å². The number of rotatable bonds is 3. The van der Waals surface area contributed by atoms with Gasteiger partial charge in [-0.2, -0.15) is 4.98 Å². The van der Waals surface area contributed by atoms with Gasteiger partial charge in [0, 0.05) is 30.4 Å². The highest BCUT2D eigenvalue weighted by Crippen LogP contribution is 2.47. The van der Waals surface area contributed by atoms with Crippen molar-refractivity contribution >= 4 is 43.7 Å². The zero-order valence-corrected chi connectivity index (χ0v) is 19.2. The Balaban J connectivity index is 1.54. The van der Waals surface area contributed by atoms with Gasteiger partial charge in [0.1, 0.15) is 5.52 Å². The number of anilines is 2. The van der Waals surface area contributed by atoms with Crippen molar-refractivity contribution in [1.29, 1.82) is 0 Å². The second-order valence-corrected chi connectivity index (χ2v) is 13.4. The summed E-state index contributed by atoms with van der Waals surface area (Å²) in [6, 6.07) is 8.29. The van der Waals surface area contributed by atoms with Crippen LogP contribution in [0.4, 0.5) is 11.6 Å². The van der Waals surface area contributed by atoms with Crippen molar-refractivity contribution in [2.75, 3.05) is 29.3 Å². The maximum atomic E-state index is 13.1. The van der Waals surface area contributed by atoms with E-state index in [4.69, 9.17) is 4.98 Å². The molecule has 0 amide bonds. The fourth-order valence-corrected chi connectivity index (χ4v) is 6.44. The third-order valence-corrected chi connectivity index (χ3v) is 9.08. The summed E-state index contributed by atoms with van der Waals surface area (Å²) in [4.78, 5) is 26.8. The third-order valence-electron chi connectivity index (χ3n) is 6.40. The molecule has 4 aromatic rings. The van der Waals surface area contributed by atoms with E-state index >= 15 is 0 Å². The van der Waals surface area contributed by atoms with Gasteiger partial charge in [0.05, 0.1) is 11.7 Å². The SMILES string of the molecule is Cc1cc2ncccc2cc1Nc1ncc2c(n1)n(C1CCS(C)(C)CC1)c(=O)n2C. The molecule has 5 rings (SSSR count). The van der Waals surface area contributed by atoms with E-state index in [0.29, 0.717) is 11.6 Å². The van der Waals surface area contributed by atoms with Crippen molar-refractivity contribution in [2.45, 2.75) is 25.8 Å². The van der Waals surface area contributed by atoms with Crippen LogP contribution in [0.5, 0.6) is 0 Å². The molecule has 0 unspecified atom stereocenters. The first-order valence-electron chi connectivity index (χ1n) is 10.6. The molecule has 0 saturated carbocycles. The highest BCUT2D eigenvalue weighted by molar-refractivity contribution is 8.32. The number of pyridine rings is 1. The number of nitrogens with one attached hydrogen (secondary N) is 1. The minimum atomic E-state index is -0.527. The van der Waals surface area contributed by atoms with Gasteiger partial charge in [-0.05, 0) is 67.5 Å². The second-order valence-electron chi connectivity index (χ2n) is 9.01. The maximum Gasteiger partial charge on any atom is 0.330 e. The first-order chi connectivity index (χ1) is 14.8. The smallest absolute Gasteiger partial charge is 0.324 e. The zero-order valence-electron chi connectivity index (χ0n) is 18.4. The predicted octanol–water partition coefficient (Wildman–Crippen LogP) is 4.13. The Morgan fingerprint density at radius 3 is 2.71 bits per heavy atom. The van der Waals surface area contributed by atoms with E-state index < -0.39 is 10.0 Å². The number of aryl methyl sites for hydroxylation is 2. The highest BCUT2D eigenvalue weighted by atomic mass is 32.3. The number of fused-ring (bicyclic) bond motifs is 2. The van der Waals surface area contributed by atoms with Crippen LogP contribution in [-0.2, 0) is 7.05 Å². The normalized spacial score (nSPS) is 17.8. The van der Waals surface area contributed by atoms with E-state index in [9.17, 15) is 4.79 Å². The number of hydrogen-bond acceptors (Lipinski definition) is 5. The minimum absolute atomic E-state index is 0.00545. The summed E-state index contributed by atoms with van der Waals surface area (Å²) in [6.07, 6.45) is 10.4. The monoisotopic (exact) mass is 436 g/mol. The second kappa shape index (κ2) is 7.37. The molecular formula is C23H28N6OS. The Labute approximate surface area is 182 Å². The lowest BCUT2D eigenvalue weighted by molar-refractivity contribution is 0.458. The van der Waals surface area contributed by atoms with Crippen LogP contribution in [-0.4, -0.2) is 48.1 Å². The highest BCUT2D eigenvalue weighted by Gasteiger charge is 2.28. The lowest BCUT2D eigenvalue weighted by Gasteiger charge is -2.39. The lowest BCUT2D eigenvalue weighted by Crippen LogP contribution is -2.31. The molecule has 1 fully saturated rings. The Morgan fingerprint density at radius 2 is 1.94 bits per heavy atom. The number of benzene rings is 1. The fourth-order valence-electron chi connectivity index (χ4n) is 4.42. The molecule has 0 spiro atoms. The van der Waals surface area contributed by atoms with E-state index in [1.54, 1.807) is 24.0 Å². The van der Waals surface area contributed by atoms with Crippen LogP contribution in [0.3, 0.4) is 0 Å².